The molecule has 3 rings (SSSR count). The molecular formula is C21H21ClN4O3. The molecule has 0 aliphatic heterocycles. The topological polar surface area (TPSA) is 85.2 Å². The van der Waals surface area contributed by atoms with Crippen molar-refractivity contribution in [3.05, 3.63) is 71.0 Å². The Kier molecular flexibility index (Phi) is 6.51. The molecule has 8 heteroatoms. The van der Waals surface area contributed by atoms with Crippen molar-refractivity contribution < 1.29 is 14.3 Å². The van der Waals surface area contributed by atoms with Gasteiger partial charge >= 0.3 is 0 Å². The largest absolute Gasteiger partial charge is 0.482 e. The van der Waals surface area contributed by atoms with Gasteiger partial charge in [0.15, 0.2) is 6.61 Å². The third-order valence-corrected chi connectivity index (χ3v) is 4.43. The minimum absolute atomic E-state index is 0.00753. The zero-order valence-corrected chi connectivity index (χ0v) is 16.9. The number of amides is 2. The molecule has 150 valence electrons. The van der Waals surface area contributed by atoms with Gasteiger partial charge in [0.05, 0.1) is 10.7 Å². The Hall–Kier alpha value is -3.32. The molecule has 1 heterocycles. The molecule has 0 spiro atoms. The lowest BCUT2D eigenvalue weighted by Gasteiger charge is -2.11. The molecule has 0 radical (unpaired) electrons. The lowest BCUT2D eigenvalue weighted by Crippen LogP contribution is -2.45. The van der Waals surface area contributed by atoms with E-state index in [9.17, 15) is 9.59 Å². The lowest BCUT2D eigenvalue weighted by atomic mass is 10.1. The molecule has 29 heavy (non-hydrogen) atoms. The highest BCUT2D eigenvalue weighted by molar-refractivity contribution is 6.32. The molecule has 0 unspecified atom stereocenters. The summed E-state index contributed by atoms with van der Waals surface area (Å²) in [7, 11) is 0. The standard InChI is InChI=1S/C21H21ClN4O3/c1-14-10-15(2)26(25-14)12-20(27)23-24-21(28)13-29-19-9-8-17(11-18(19)22)16-6-4-3-5-7-16/h3-11H,12-13H2,1-2H3,(H,23,27)(H,24,28). The van der Waals surface area contributed by atoms with Gasteiger partial charge < -0.3 is 4.74 Å². The molecule has 0 saturated carbocycles. The minimum atomic E-state index is -0.505. The highest BCUT2D eigenvalue weighted by atomic mass is 35.5. The average molecular weight is 413 g/mol. The van der Waals surface area contributed by atoms with Crippen LogP contribution in [0.3, 0.4) is 0 Å². The van der Waals surface area contributed by atoms with Gasteiger partial charge in [0.1, 0.15) is 12.3 Å². The van der Waals surface area contributed by atoms with Crippen molar-refractivity contribution in [3.8, 4) is 16.9 Å². The Labute approximate surface area is 173 Å². The molecule has 7 nitrogen and oxygen atoms in total. The van der Waals surface area contributed by atoms with Crippen LogP contribution in [0.2, 0.25) is 5.02 Å². The van der Waals surface area contributed by atoms with E-state index in [0.717, 1.165) is 22.5 Å². The Morgan fingerprint density at radius 2 is 1.72 bits per heavy atom. The highest BCUT2D eigenvalue weighted by Crippen LogP contribution is 2.30. The van der Waals surface area contributed by atoms with Crippen LogP contribution in [0.25, 0.3) is 11.1 Å². The molecule has 0 bridgehead atoms. The highest BCUT2D eigenvalue weighted by Gasteiger charge is 2.10. The van der Waals surface area contributed by atoms with Crippen molar-refractivity contribution in [2.45, 2.75) is 20.4 Å². The van der Waals surface area contributed by atoms with Crippen LogP contribution in [0.15, 0.2) is 54.6 Å². The number of ether oxygens (including phenoxy) is 1. The van der Waals surface area contributed by atoms with Crippen LogP contribution in [-0.4, -0.2) is 28.2 Å². The number of rotatable bonds is 6. The lowest BCUT2D eigenvalue weighted by molar-refractivity contribution is -0.130. The summed E-state index contributed by atoms with van der Waals surface area (Å²) in [5.41, 5.74) is 8.31. The quantitative estimate of drug-likeness (QED) is 0.609. The molecule has 0 atom stereocenters. The first kappa shape index (κ1) is 20.4. The number of halogens is 1. The minimum Gasteiger partial charge on any atom is -0.482 e. The van der Waals surface area contributed by atoms with Crippen LogP contribution in [0.1, 0.15) is 11.4 Å². The van der Waals surface area contributed by atoms with Crippen LogP contribution < -0.4 is 15.6 Å². The average Bonchev–Trinajstić information content (AvgIpc) is 3.02. The van der Waals surface area contributed by atoms with Gasteiger partial charge in [0.2, 0.25) is 0 Å². The van der Waals surface area contributed by atoms with Crippen LogP contribution in [0.4, 0.5) is 0 Å². The van der Waals surface area contributed by atoms with Crippen molar-refractivity contribution in [1.29, 1.82) is 0 Å². The predicted molar refractivity (Wildman–Crippen MR) is 110 cm³/mol. The number of carbonyl (C=O) groups excluding carboxylic acids is 2. The molecule has 1 aromatic heterocycles. The Morgan fingerprint density at radius 3 is 2.38 bits per heavy atom. The number of hydrogen-bond acceptors (Lipinski definition) is 4. The number of benzene rings is 2. The maximum absolute atomic E-state index is 11.9. The predicted octanol–water partition coefficient (Wildman–Crippen LogP) is 3.05. The number of nitrogens with zero attached hydrogens (tertiary/aromatic N) is 2. The monoisotopic (exact) mass is 412 g/mol. The van der Waals surface area contributed by atoms with E-state index < -0.39 is 11.8 Å². The number of aromatic nitrogens is 2. The molecule has 2 aromatic carbocycles. The third kappa shape index (κ3) is 5.58. The van der Waals surface area contributed by atoms with E-state index >= 15 is 0 Å². The first-order valence-corrected chi connectivity index (χ1v) is 9.36. The summed E-state index contributed by atoms with van der Waals surface area (Å²) in [6.07, 6.45) is 0. The van der Waals surface area contributed by atoms with E-state index in [2.05, 4.69) is 16.0 Å². The Balaban J connectivity index is 1.48. The first-order valence-electron chi connectivity index (χ1n) is 8.99. The second kappa shape index (κ2) is 9.25. The van der Waals surface area contributed by atoms with Gasteiger partial charge in [0.25, 0.3) is 11.8 Å². The van der Waals surface area contributed by atoms with Gasteiger partial charge in [-0.2, -0.15) is 5.10 Å². The number of hydrazine groups is 1. The van der Waals surface area contributed by atoms with Crippen LogP contribution >= 0.6 is 11.6 Å². The van der Waals surface area contributed by atoms with Gasteiger partial charge in [0, 0.05) is 5.69 Å². The molecule has 0 aliphatic carbocycles. The zero-order chi connectivity index (χ0) is 20.8. The van der Waals surface area contributed by atoms with Gasteiger partial charge in [-0.05, 0) is 43.2 Å². The maximum Gasteiger partial charge on any atom is 0.276 e. The maximum atomic E-state index is 11.9. The fraction of sp³-hybridized carbons (Fsp3) is 0.190. The van der Waals surface area contributed by atoms with Crippen molar-refractivity contribution in [2.75, 3.05) is 6.61 Å². The van der Waals surface area contributed by atoms with Crippen molar-refractivity contribution in [2.24, 2.45) is 0 Å². The summed E-state index contributed by atoms with van der Waals surface area (Å²) in [5.74, 6) is -0.514. The fourth-order valence-corrected chi connectivity index (χ4v) is 2.99. The van der Waals surface area contributed by atoms with Crippen LogP contribution in [0.5, 0.6) is 5.75 Å². The smallest absolute Gasteiger partial charge is 0.276 e. The summed E-state index contributed by atoms with van der Waals surface area (Å²) in [6.45, 7) is 3.42. The van der Waals surface area contributed by atoms with E-state index in [1.807, 2.05) is 56.3 Å². The summed E-state index contributed by atoms with van der Waals surface area (Å²) in [5, 5.41) is 4.59. The van der Waals surface area contributed by atoms with Crippen LogP contribution in [0, 0.1) is 13.8 Å². The number of carbonyl (C=O) groups is 2. The molecule has 2 N–H and O–H groups in total. The Morgan fingerprint density at radius 1 is 1.00 bits per heavy atom. The molecule has 0 aliphatic rings. The second-order valence-electron chi connectivity index (χ2n) is 6.48. The number of aryl methyl sites for hydroxylation is 2. The summed E-state index contributed by atoms with van der Waals surface area (Å²) in [6, 6.07) is 17.0. The number of nitrogens with one attached hydrogen (secondary N) is 2. The summed E-state index contributed by atoms with van der Waals surface area (Å²) < 4.78 is 7.01. The molecule has 0 fully saturated rings. The van der Waals surface area contributed by atoms with E-state index in [-0.39, 0.29) is 13.2 Å². The number of hydrogen-bond donors (Lipinski definition) is 2. The van der Waals surface area contributed by atoms with E-state index in [0.29, 0.717) is 10.8 Å². The Bertz CT molecular complexity index is 1020. The van der Waals surface area contributed by atoms with E-state index in [1.165, 1.54) is 0 Å². The van der Waals surface area contributed by atoms with Crippen molar-refractivity contribution >= 4 is 23.4 Å². The molecule has 3 aromatic rings. The first-order chi connectivity index (χ1) is 13.9. The van der Waals surface area contributed by atoms with Crippen molar-refractivity contribution in [3.63, 3.8) is 0 Å². The normalized spacial score (nSPS) is 10.4. The molecule has 2 amide bonds. The zero-order valence-electron chi connectivity index (χ0n) is 16.1. The SMILES string of the molecule is Cc1cc(C)n(CC(=O)NNC(=O)COc2ccc(-c3ccccc3)cc2Cl)n1. The fourth-order valence-electron chi connectivity index (χ4n) is 2.76. The van der Waals surface area contributed by atoms with E-state index in [4.69, 9.17) is 16.3 Å². The van der Waals surface area contributed by atoms with Crippen LogP contribution in [-0.2, 0) is 16.1 Å². The third-order valence-electron chi connectivity index (χ3n) is 4.14. The van der Waals surface area contributed by atoms with Gasteiger partial charge in [-0.25, -0.2) is 0 Å². The van der Waals surface area contributed by atoms with Gasteiger partial charge in [-0.1, -0.05) is 48.0 Å². The summed E-state index contributed by atoms with van der Waals surface area (Å²) >= 11 is 6.26. The van der Waals surface area contributed by atoms with Gasteiger partial charge in [-0.3, -0.25) is 25.1 Å². The van der Waals surface area contributed by atoms with Gasteiger partial charge in [-0.15, -0.1) is 0 Å². The molecular weight excluding hydrogens is 392 g/mol. The molecule has 0 saturated heterocycles. The summed E-state index contributed by atoms with van der Waals surface area (Å²) in [4.78, 5) is 23.9. The van der Waals surface area contributed by atoms with E-state index in [1.54, 1.807) is 16.8 Å². The second-order valence-corrected chi connectivity index (χ2v) is 6.89. The van der Waals surface area contributed by atoms with Crippen molar-refractivity contribution in [1.82, 2.24) is 20.6 Å².